The van der Waals surface area contributed by atoms with E-state index in [1.54, 1.807) is 5.37 Å². The van der Waals surface area contributed by atoms with Crippen LogP contribution < -0.4 is 0 Å². The molecular weight excluding hydrogens is 152 g/mol. The van der Waals surface area contributed by atoms with Crippen LogP contribution in [0.2, 0.25) is 0 Å². The van der Waals surface area contributed by atoms with Gasteiger partial charge in [0.2, 0.25) is 0 Å². The summed E-state index contributed by atoms with van der Waals surface area (Å²) >= 11 is 4.86. The molecule has 1 aromatic carbocycles. The third-order valence-electron chi connectivity index (χ3n) is 1.55. The van der Waals surface area contributed by atoms with Crippen LogP contribution in [0.25, 0.3) is 0 Å². The van der Waals surface area contributed by atoms with E-state index in [-0.39, 0.29) is 0 Å². The van der Waals surface area contributed by atoms with Gasteiger partial charge in [-0.15, -0.1) is 6.58 Å². The number of hydrogen-bond acceptors (Lipinski definition) is 1. The Hall–Kier alpha value is -0.950. The number of hydrogen-bond donors (Lipinski definition) is 0. The van der Waals surface area contributed by atoms with E-state index in [0.717, 1.165) is 12.0 Å². The molecule has 0 saturated carbocycles. The van der Waals surface area contributed by atoms with Crippen molar-refractivity contribution in [3.63, 3.8) is 0 Å². The van der Waals surface area contributed by atoms with Crippen molar-refractivity contribution in [2.24, 2.45) is 0 Å². The zero-order chi connectivity index (χ0) is 8.10. The van der Waals surface area contributed by atoms with Gasteiger partial charge in [0.15, 0.2) is 0 Å². The van der Waals surface area contributed by atoms with Gasteiger partial charge in [0, 0.05) is 5.37 Å². The lowest BCUT2D eigenvalue weighted by atomic mass is 10.1. The zero-order valence-corrected chi connectivity index (χ0v) is 7.10. The molecule has 0 radical (unpaired) electrons. The van der Waals surface area contributed by atoms with Gasteiger partial charge in [-0.05, 0) is 17.5 Å². The fourth-order valence-electron chi connectivity index (χ4n) is 0.991. The summed E-state index contributed by atoms with van der Waals surface area (Å²) in [6.45, 7) is 3.68. The highest BCUT2D eigenvalue weighted by molar-refractivity contribution is 7.79. The Balaban J connectivity index is 3.01. The Labute approximate surface area is 72.6 Å². The lowest BCUT2D eigenvalue weighted by Crippen LogP contribution is -1.88. The van der Waals surface area contributed by atoms with Crippen LogP contribution in [0.3, 0.4) is 0 Å². The monoisotopic (exact) mass is 162 g/mol. The minimum atomic E-state index is 0.892. The molecule has 1 rings (SSSR count). The first-order chi connectivity index (χ1) is 5.38. The third kappa shape index (κ3) is 1.99. The molecule has 0 fully saturated rings. The van der Waals surface area contributed by atoms with Crippen LogP contribution in [0.1, 0.15) is 11.1 Å². The highest BCUT2D eigenvalue weighted by Gasteiger charge is 1.93. The largest absolute Gasteiger partial charge is 0.103 e. The minimum Gasteiger partial charge on any atom is -0.103 e. The Morgan fingerprint density at radius 2 is 2.09 bits per heavy atom. The SMILES string of the molecule is C=CCc1ccccc1C=S. The molecule has 0 amide bonds. The van der Waals surface area contributed by atoms with Crippen molar-refractivity contribution in [1.82, 2.24) is 0 Å². The Bertz CT molecular complexity index is 263. The summed E-state index contributed by atoms with van der Waals surface area (Å²) in [6, 6.07) is 8.09. The fraction of sp³-hybridized carbons (Fsp3) is 0.100. The van der Waals surface area contributed by atoms with Crippen molar-refractivity contribution in [2.75, 3.05) is 0 Å². The zero-order valence-electron chi connectivity index (χ0n) is 6.29. The summed E-state index contributed by atoms with van der Waals surface area (Å²) < 4.78 is 0. The van der Waals surface area contributed by atoms with Gasteiger partial charge >= 0.3 is 0 Å². The molecule has 0 bridgehead atoms. The van der Waals surface area contributed by atoms with Gasteiger partial charge in [0.1, 0.15) is 0 Å². The first kappa shape index (κ1) is 8.15. The van der Waals surface area contributed by atoms with E-state index in [4.69, 9.17) is 12.2 Å². The second-order valence-corrected chi connectivity index (χ2v) is 2.55. The topological polar surface area (TPSA) is 0 Å². The standard InChI is InChI=1S/C10H10S/c1-2-5-9-6-3-4-7-10(9)8-11/h2-4,6-8H,1,5H2. The van der Waals surface area contributed by atoms with Gasteiger partial charge in [-0.3, -0.25) is 0 Å². The summed E-state index contributed by atoms with van der Waals surface area (Å²) in [7, 11) is 0. The van der Waals surface area contributed by atoms with Crippen molar-refractivity contribution < 1.29 is 0 Å². The van der Waals surface area contributed by atoms with E-state index in [2.05, 4.69) is 12.6 Å². The molecule has 0 aromatic heterocycles. The van der Waals surface area contributed by atoms with E-state index in [9.17, 15) is 0 Å². The van der Waals surface area contributed by atoms with Crippen LogP contribution in [0.15, 0.2) is 36.9 Å². The molecule has 1 aromatic rings. The third-order valence-corrected chi connectivity index (χ3v) is 1.80. The summed E-state index contributed by atoms with van der Waals surface area (Å²) in [5, 5.41) is 1.71. The van der Waals surface area contributed by atoms with Gasteiger partial charge in [0.05, 0.1) is 0 Å². The van der Waals surface area contributed by atoms with Crippen LogP contribution in [0, 0.1) is 0 Å². The van der Waals surface area contributed by atoms with E-state index < -0.39 is 0 Å². The maximum absolute atomic E-state index is 4.86. The molecule has 0 nitrogen and oxygen atoms in total. The Morgan fingerprint density at radius 1 is 1.36 bits per heavy atom. The lowest BCUT2D eigenvalue weighted by Gasteiger charge is -1.99. The van der Waals surface area contributed by atoms with Gasteiger partial charge in [0.25, 0.3) is 0 Å². The fourth-order valence-corrected chi connectivity index (χ4v) is 1.22. The molecule has 1 heteroatoms. The number of benzene rings is 1. The van der Waals surface area contributed by atoms with Crippen molar-refractivity contribution >= 4 is 17.6 Å². The van der Waals surface area contributed by atoms with Gasteiger partial charge < -0.3 is 0 Å². The summed E-state index contributed by atoms with van der Waals surface area (Å²) in [5.41, 5.74) is 2.37. The molecule has 56 valence electrons. The van der Waals surface area contributed by atoms with Crippen molar-refractivity contribution in [3.05, 3.63) is 48.0 Å². The van der Waals surface area contributed by atoms with E-state index >= 15 is 0 Å². The second kappa shape index (κ2) is 4.04. The van der Waals surface area contributed by atoms with Crippen LogP contribution in [0.5, 0.6) is 0 Å². The molecular formula is C10H10S. The molecule has 0 spiro atoms. The average Bonchev–Trinajstić information content (AvgIpc) is 2.06. The molecule has 0 aliphatic rings. The number of thiocarbonyl (C=S) groups is 1. The highest BCUT2D eigenvalue weighted by atomic mass is 32.1. The maximum atomic E-state index is 4.86. The molecule has 0 atom stereocenters. The quantitative estimate of drug-likeness (QED) is 0.486. The first-order valence-electron chi connectivity index (χ1n) is 3.52. The number of allylic oxidation sites excluding steroid dienone is 1. The Morgan fingerprint density at radius 3 is 2.73 bits per heavy atom. The average molecular weight is 162 g/mol. The smallest absolute Gasteiger partial charge is 0.00889 e. The molecule has 0 unspecified atom stereocenters. The molecule has 0 N–H and O–H groups in total. The van der Waals surface area contributed by atoms with E-state index in [0.29, 0.717) is 0 Å². The molecule has 0 aliphatic heterocycles. The predicted octanol–water partition coefficient (Wildman–Crippen LogP) is 2.76. The number of rotatable bonds is 3. The van der Waals surface area contributed by atoms with E-state index in [1.165, 1.54) is 5.56 Å². The maximum Gasteiger partial charge on any atom is 0.00889 e. The van der Waals surface area contributed by atoms with Crippen LogP contribution >= 0.6 is 12.2 Å². The minimum absolute atomic E-state index is 0.892. The van der Waals surface area contributed by atoms with Crippen molar-refractivity contribution in [2.45, 2.75) is 6.42 Å². The molecule has 0 heterocycles. The second-order valence-electron chi connectivity index (χ2n) is 2.31. The van der Waals surface area contributed by atoms with Gasteiger partial charge in [-0.25, -0.2) is 0 Å². The van der Waals surface area contributed by atoms with E-state index in [1.807, 2.05) is 24.3 Å². The Kier molecular flexibility index (Phi) is 2.99. The first-order valence-corrected chi connectivity index (χ1v) is 3.99. The van der Waals surface area contributed by atoms with Crippen LogP contribution in [-0.4, -0.2) is 5.37 Å². The van der Waals surface area contributed by atoms with Gasteiger partial charge in [-0.2, -0.15) is 0 Å². The molecule has 0 aliphatic carbocycles. The molecule has 11 heavy (non-hydrogen) atoms. The summed E-state index contributed by atoms with van der Waals surface area (Å²) in [5.74, 6) is 0. The normalized spacial score (nSPS) is 9.09. The summed E-state index contributed by atoms with van der Waals surface area (Å²) in [4.78, 5) is 0. The van der Waals surface area contributed by atoms with Crippen molar-refractivity contribution in [3.8, 4) is 0 Å². The van der Waals surface area contributed by atoms with Crippen LogP contribution in [0.4, 0.5) is 0 Å². The van der Waals surface area contributed by atoms with Crippen LogP contribution in [-0.2, 0) is 6.42 Å². The van der Waals surface area contributed by atoms with Crippen molar-refractivity contribution in [1.29, 1.82) is 0 Å². The lowest BCUT2D eigenvalue weighted by molar-refractivity contribution is 1.27. The van der Waals surface area contributed by atoms with Gasteiger partial charge in [-0.1, -0.05) is 42.6 Å². The molecule has 0 saturated heterocycles. The predicted molar refractivity (Wildman–Crippen MR) is 53.1 cm³/mol. The summed E-state index contributed by atoms with van der Waals surface area (Å²) in [6.07, 6.45) is 2.78. The highest BCUT2D eigenvalue weighted by Crippen LogP contribution is 2.07.